The predicted octanol–water partition coefficient (Wildman–Crippen LogP) is 1.64. The highest BCUT2D eigenvalue weighted by Gasteiger charge is 2.55. The van der Waals surface area contributed by atoms with E-state index in [0.717, 1.165) is 24.1 Å². The van der Waals surface area contributed by atoms with E-state index in [-0.39, 0.29) is 10.8 Å². The highest BCUT2D eigenvalue weighted by molar-refractivity contribution is 5.99. The maximum absolute atomic E-state index is 12.5. The summed E-state index contributed by atoms with van der Waals surface area (Å²) in [7, 11) is 1.57. The van der Waals surface area contributed by atoms with Crippen LogP contribution in [0.2, 0.25) is 0 Å². The van der Waals surface area contributed by atoms with Crippen LogP contribution in [0.15, 0.2) is 18.2 Å². The summed E-state index contributed by atoms with van der Waals surface area (Å²) in [5.74, 6) is 0.0480. The van der Waals surface area contributed by atoms with Crippen molar-refractivity contribution >= 4 is 11.6 Å². The number of amides is 1. The summed E-state index contributed by atoms with van der Waals surface area (Å²) in [4.78, 5) is 24.5. The van der Waals surface area contributed by atoms with Crippen LogP contribution in [0.3, 0.4) is 0 Å². The van der Waals surface area contributed by atoms with E-state index < -0.39 is 12.0 Å². The Hall–Kier alpha value is -2.11. The van der Waals surface area contributed by atoms with Crippen molar-refractivity contribution in [1.29, 1.82) is 0 Å². The summed E-state index contributed by atoms with van der Waals surface area (Å²) in [6.45, 7) is 0.604. The van der Waals surface area contributed by atoms with Crippen LogP contribution in [-0.4, -0.2) is 30.5 Å². The number of hydrogen-bond donors (Lipinski definition) is 0. The number of benzene rings is 1. The van der Waals surface area contributed by atoms with Gasteiger partial charge in [0, 0.05) is 17.9 Å². The average molecular weight is 276 g/mol. The molecule has 1 aliphatic carbocycles. The van der Waals surface area contributed by atoms with Crippen molar-refractivity contribution < 1.29 is 14.5 Å². The van der Waals surface area contributed by atoms with E-state index in [1.54, 1.807) is 12.0 Å². The van der Waals surface area contributed by atoms with Crippen LogP contribution in [0.25, 0.3) is 0 Å². The first kappa shape index (κ1) is 12.9. The molecule has 1 aromatic carbocycles. The van der Waals surface area contributed by atoms with E-state index in [9.17, 15) is 14.9 Å². The summed E-state index contributed by atoms with van der Waals surface area (Å²) in [5.41, 5.74) is 1.86. The largest absolute Gasteiger partial charge is 0.495 e. The minimum atomic E-state index is -0.706. The number of nitro groups is 1. The third-order valence-electron chi connectivity index (χ3n) is 4.01. The van der Waals surface area contributed by atoms with Gasteiger partial charge in [-0.15, -0.1) is 0 Å². The van der Waals surface area contributed by atoms with Gasteiger partial charge in [0.1, 0.15) is 11.7 Å². The number of anilines is 1. The van der Waals surface area contributed by atoms with Gasteiger partial charge >= 0.3 is 0 Å². The third kappa shape index (κ3) is 2.01. The molecule has 1 saturated carbocycles. The van der Waals surface area contributed by atoms with Gasteiger partial charge in [-0.25, -0.2) is 0 Å². The molecule has 6 heteroatoms. The highest BCUT2D eigenvalue weighted by Crippen LogP contribution is 2.41. The molecule has 0 N–H and O–H groups in total. The van der Waals surface area contributed by atoms with Gasteiger partial charge in [-0.05, 0) is 24.5 Å². The molecule has 0 saturated heterocycles. The first-order valence-corrected chi connectivity index (χ1v) is 6.74. The van der Waals surface area contributed by atoms with Gasteiger partial charge in [0.05, 0.1) is 12.8 Å². The molecular weight excluding hydrogens is 260 g/mol. The molecule has 2 aliphatic rings. The number of hydrogen-bond acceptors (Lipinski definition) is 4. The SMILES string of the molecule is COc1cccc2c1N(C(=O)C1CC1[N+](=O)[O-])CCC2. The Balaban J connectivity index is 1.90. The van der Waals surface area contributed by atoms with E-state index in [2.05, 4.69) is 0 Å². The highest BCUT2D eigenvalue weighted by atomic mass is 16.6. The van der Waals surface area contributed by atoms with Crippen LogP contribution < -0.4 is 9.64 Å². The second-order valence-electron chi connectivity index (χ2n) is 5.26. The zero-order valence-corrected chi connectivity index (χ0v) is 11.2. The Bertz CT molecular complexity index is 558. The Morgan fingerprint density at radius 1 is 1.50 bits per heavy atom. The topological polar surface area (TPSA) is 72.7 Å². The van der Waals surface area contributed by atoms with Crippen molar-refractivity contribution in [3.8, 4) is 5.75 Å². The number of aryl methyl sites for hydroxylation is 1. The van der Waals surface area contributed by atoms with Crippen LogP contribution >= 0.6 is 0 Å². The Labute approximate surface area is 116 Å². The first-order chi connectivity index (χ1) is 9.63. The molecule has 1 heterocycles. The number of methoxy groups -OCH3 is 1. The lowest BCUT2D eigenvalue weighted by Crippen LogP contribution is -2.38. The number of nitrogens with zero attached hydrogens (tertiary/aromatic N) is 2. The molecule has 0 spiro atoms. The maximum atomic E-state index is 12.5. The van der Waals surface area contributed by atoms with Crippen molar-refractivity contribution in [2.75, 3.05) is 18.6 Å². The summed E-state index contributed by atoms with van der Waals surface area (Å²) >= 11 is 0. The fourth-order valence-electron chi connectivity index (χ4n) is 2.88. The number of carbonyl (C=O) groups is 1. The standard InChI is InChI=1S/C14H16N2O4/c1-20-12-6-2-4-9-5-3-7-15(13(9)12)14(17)10-8-11(10)16(18)19/h2,4,6,10-11H,3,5,7-8H2,1H3. The van der Waals surface area contributed by atoms with Gasteiger partial charge in [0.15, 0.2) is 0 Å². The van der Waals surface area contributed by atoms with E-state index in [0.29, 0.717) is 18.7 Å². The molecule has 6 nitrogen and oxygen atoms in total. The maximum Gasteiger partial charge on any atom is 0.237 e. The molecule has 1 aromatic rings. The molecule has 1 amide bonds. The minimum absolute atomic E-state index is 0.142. The number of fused-ring (bicyclic) bond motifs is 1. The molecule has 2 unspecified atom stereocenters. The summed E-state index contributed by atoms with van der Waals surface area (Å²) in [5, 5.41) is 10.7. The Morgan fingerprint density at radius 2 is 2.30 bits per heavy atom. The molecule has 20 heavy (non-hydrogen) atoms. The molecule has 3 rings (SSSR count). The van der Waals surface area contributed by atoms with Crippen molar-refractivity contribution in [3.63, 3.8) is 0 Å². The molecule has 106 valence electrons. The molecule has 1 aliphatic heterocycles. The van der Waals surface area contributed by atoms with Crippen molar-refractivity contribution in [3.05, 3.63) is 33.9 Å². The van der Waals surface area contributed by atoms with Crippen LogP contribution in [-0.2, 0) is 11.2 Å². The van der Waals surface area contributed by atoms with E-state index in [4.69, 9.17) is 4.74 Å². The van der Waals surface area contributed by atoms with Gasteiger partial charge in [0.25, 0.3) is 0 Å². The fraction of sp³-hybridized carbons (Fsp3) is 0.500. The second kappa shape index (κ2) is 4.77. The average Bonchev–Trinajstić information content (AvgIpc) is 3.25. The summed E-state index contributed by atoms with van der Waals surface area (Å²) in [6.07, 6.45) is 2.13. The molecule has 0 bridgehead atoms. The van der Waals surface area contributed by atoms with Crippen LogP contribution in [0.1, 0.15) is 18.4 Å². The lowest BCUT2D eigenvalue weighted by molar-refractivity contribution is -0.497. The van der Waals surface area contributed by atoms with Gasteiger partial charge in [0.2, 0.25) is 11.9 Å². The molecule has 1 fully saturated rings. The zero-order chi connectivity index (χ0) is 14.3. The number of para-hydroxylation sites is 1. The van der Waals surface area contributed by atoms with Gasteiger partial charge in [-0.2, -0.15) is 0 Å². The molecule has 2 atom stereocenters. The van der Waals surface area contributed by atoms with E-state index in [1.807, 2.05) is 18.2 Å². The number of rotatable bonds is 3. The lowest BCUT2D eigenvalue weighted by atomic mass is 10.0. The quantitative estimate of drug-likeness (QED) is 0.621. The van der Waals surface area contributed by atoms with Crippen molar-refractivity contribution in [2.45, 2.75) is 25.3 Å². The normalized spacial score (nSPS) is 23.9. The molecule has 0 radical (unpaired) electrons. The predicted molar refractivity (Wildman–Crippen MR) is 72.6 cm³/mol. The first-order valence-electron chi connectivity index (χ1n) is 6.74. The Kier molecular flexibility index (Phi) is 3.08. The molecular formula is C14H16N2O4. The van der Waals surface area contributed by atoms with Crippen LogP contribution in [0, 0.1) is 16.0 Å². The summed E-state index contributed by atoms with van der Waals surface area (Å²) < 4.78 is 5.34. The van der Waals surface area contributed by atoms with Crippen molar-refractivity contribution in [1.82, 2.24) is 0 Å². The smallest absolute Gasteiger partial charge is 0.237 e. The van der Waals surface area contributed by atoms with Crippen LogP contribution in [0.5, 0.6) is 5.75 Å². The van der Waals surface area contributed by atoms with Crippen molar-refractivity contribution in [2.24, 2.45) is 5.92 Å². The van der Waals surface area contributed by atoms with Gasteiger partial charge in [-0.3, -0.25) is 14.9 Å². The third-order valence-corrected chi connectivity index (χ3v) is 4.01. The number of ether oxygens (including phenoxy) is 1. The zero-order valence-electron chi connectivity index (χ0n) is 11.2. The van der Waals surface area contributed by atoms with E-state index in [1.165, 1.54) is 0 Å². The van der Waals surface area contributed by atoms with Gasteiger partial charge in [-0.1, -0.05) is 12.1 Å². The Morgan fingerprint density at radius 3 is 2.95 bits per heavy atom. The second-order valence-corrected chi connectivity index (χ2v) is 5.26. The van der Waals surface area contributed by atoms with Crippen LogP contribution in [0.4, 0.5) is 5.69 Å². The van der Waals surface area contributed by atoms with Gasteiger partial charge < -0.3 is 9.64 Å². The molecule has 0 aromatic heterocycles. The lowest BCUT2D eigenvalue weighted by Gasteiger charge is -2.30. The van der Waals surface area contributed by atoms with E-state index >= 15 is 0 Å². The summed E-state index contributed by atoms with van der Waals surface area (Å²) in [6, 6.07) is 5.00. The minimum Gasteiger partial charge on any atom is -0.495 e. The number of carbonyl (C=O) groups excluding carboxylic acids is 1. The fourth-order valence-corrected chi connectivity index (χ4v) is 2.88. The monoisotopic (exact) mass is 276 g/mol.